The van der Waals surface area contributed by atoms with Gasteiger partial charge in [-0.15, -0.1) is 0 Å². The van der Waals surface area contributed by atoms with E-state index in [1.807, 2.05) is 0 Å². The van der Waals surface area contributed by atoms with Gasteiger partial charge in [0.15, 0.2) is 0 Å². The van der Waals surface area contributed by atoms with Crippen molar-refractivity contribution in [2.75, 3.05) is 26.2 Å². The summed E-state index contributed by atoms with van der Waals surface area (Å²) in [7, 11) is 0. The molecular formula is C16H39F3N+. The summed E-state index contributed by atoms with van der Waals surface area (Å²) in [6, 6.07) is 0. The second kappa shape index (κ2) is 18.8. The molecule has 0 aromatic carbocycles. The molecular weight excluding hydrogens is 263 g/mol. The second-order valence-corrected chi connectivity index (χ2v) is 5.65. The Bertz CT molecular complexity index is 128. The molecule has 0 saturated heterocycles. The van der Waals surface area contributed by atoms with Gasteiger partial charge in [0.05, 0.1) is 26.2 Å². The van der Waals surface area contributed by atoms with Crippen molar-refractivity contribution in [1.29, 1.82) is 0 Å². The quantitative estimate of drug-likeness (QED) is 0.420. The molecule has 1 nitrogen and oxygen atoms in total. The molecule has 0 aliphatic rings. The van der Waals surface area contributed by atoms with Crippen molar-refractivity contribution in [3.05, 3.63) is 0 Å². The van der Waals surface area contributed by atoms with Crippen molar-refractivity contribution in [1.82, 2.24) is 0 Å². The highest BCUT2D eigenvalue weighted by Crippen LogP contribution is 2.16. The summed E-state index contributed by atoms with van der Waals surface area (Å²) < 4.78 is 1.42. The Kier molecular flexibility index (Phi) is 26.2. The monoisotopic (exact) mass is 302 g/mol. The van der Waals surface area contributed by atoms with Crippen molar-refractivity contribution < 1.29 is 18.6 Å². The fraction of sp³-hybridized carbons (Fsp3) is 1.00. The highest BCUT2D eigenvalue weighted by molar-refractivity contribution is 4.49. The van der Waals surface area contributed by atoms with Crippen LogP contribution < -0.4 is 0 Å². The van der Waals surface area contributed by atoms with Crippen LogP contribution in [0.3, 0.4) is 0 Å². The highest BCUT2D eigenvalue weighted by atomic mass is 19.0. The molecule has 4 heteroatoms. The lowest BCUT2D eigenvalue weighted by molar-refractivity contribution is -0.929. The number of hydrogen-bond donors (Lipinski definition) is 0. The third kappa shape index (κ3) is 12.8. The SMILES string of the molecule is CCCC[N+](CCCC)(CCCC)CCCC.F.F.F. The van der Waals surface area contributed by atoms with Crippen molar-refractivity contribution >= 4 is 0 Å². The first-order valence-corrected chi connectivity index (χ1v) is 8.09. The summed E-state index contributed by atoms with van der Waals surface area (Å²) in [5.74, 6) is 0. The molecule has 0 fully saturated rings. The minimum absolute atomic E-state index is 0. The van der Waals surface area contributed by atoms with Crippen LogP contribution in [0.1, 0.15) is 79.1 Å². The molecule has 0 aromatic rings. The first-order valence-electron chi connectivity index (χ1n) is 8.09. The zero-order valence-electron chi connectivity index (χ0n) is 14.2. The summed E-state index contributed by atoms with van der Waals surface area (Å²) in [5.41, 5.74) is 0. The number of unbranched alkanes of at least 4 members (excludes halogenated alkanes) is 4. The molecule has 20 heavy (non-hydrogen) atoms. The van der Waals surface area contributed by atoms with E-state index in [1.165, 1.54) is 82.0 Å². The Morgan fingerprint density at radius 2 is 0.650 bits per heavy atom. The molecule has 0 amide bonds. The van der Waals surface area contributed by atoms with Crippen LogP contribution in [-0.4, -0.2) is 30.7 Å². The van der Waals surface area contributed by atoms with Gasteiger partial charge in [-0.1, -0.05) is 53.4 Å². The molecule has 0 aliphatic heterocycles. The lowest BCUT2D eigenvalue weighted by Crippen LogP contribution is -2.50. The van der Waals surface area contributed by atoms with Crippen molar-refractivity contribution in [2.45, 2.75) is 79.1 Å². The number of halogens is 3. The van der Waals surface area contributed by atoms with Crippen LogP contribution in [0.4, 0.5) is 14.1 Å². The van der Waals surface area contributed by atoms with Gasteiger partial charge < -0.3 is 4.48 Å². The summed E-state index contributed by atoms with van der Waals surface area (Å²) >= 11 is 0. The predicted octanol–water partition coefficient (Wildman–Crippen LogP) is 5.46. The van der Waals surface area contributed by atoms with Crippen LogP contribution in [0, 0.1) is 0 Å². The maximum atomic E-state index is 2.33. The fourth-order valence-electron chi connectivity index (χ4n) is 2.64. The number of nitrogens with zero attached hydrogens (tertiary/aromatic N) is 1. The summed E-state index contributed by atoms with van der Waals surface area (Å²) in [5, 5.41) is 0. The zero-order chi connectivity index (χ0) is 13.0. The van der Waals surface area contributed by atoms with E-state index >= 15 is 0 Å². The fourth-order valence-corrected chi connectivity index (χ4v) is 2.64. The van der Waals surface area contributed by atoms with E-state index in [0.29, 0.717) is 0 Å². The van der Waals surface area contributed by atoms with E-state index in [9.17, 15) is 0 Å². The van der Waals surface area contributed by atoms with Crippen LogP contribution in [0.5, 0.6) is 0 Å². The minimum Gasteiger partial charge on any atom is -0.324 e. The Balaban J connectivity index is -0.000000427. The van der Waals surface area contributed by atoms with Crippen LogP contribution in [-0.2, 0) is 0 Å². The molecule has 0 saturated carbocycles. The van der Waals surface area contributed by atoms with E-state index in [1.54, 1.807) is 0 Å². The average molecular weight is 302 g/mol. The first-order chi connectivity index (χ1) is 8.24. The van der Waals surface area contributed by atoms with Gasteiger partial charge in [0, 0.05) is 0 Å². The highest BCUT2D eigenvalue weighted by Gasteiger charge is 2.24. The number of rotatable bonds is 12. The van der Waals surface area contributed by atoms with Gasteiger partial charge in [0.25, 0.3) is 0 Å². The Morgan fingerprint density at radius 1 is 0.450 bits per heavy atom. The maximum Gasteiger partial charge on any atom is 0.0786 e. The maximum absolute atomic E-state index is 2.33. The molecule has 128 valence electrons. The minimum atomic E-state index is 0. The lowest BCUT2D eigenvalue weighted by Gasteiger charge is -2.39. The molecule has 0 rings (SSSR count). The van der Waals surface area contributed by atoms with Crippen molar-refractivity contribution in [3.8, 4) is 0 Å². The molecule has 0 bridgehead atoms. The largest absolute Gasteiger partial charge is 0.324 e. The van der Waals surface area contributed by atoms with Gasteiger partial charge in [-0.05, 0) is 25.7 Å². The van der Waals surface area contributed by atoms with Crippen molar-refractivity contribution in [2.24, 2.45) is 0 Å². The normalized spacial score (nSPS) is 10.2. The Hall–Kier alpha value is -0.250. The third-order valence-corrected chi connectivity index (χ3v) is 3.94. The van der Waals surface area contributed by atoms with Gasteiger partial charge in [0.2, 0.25) is 0 Å². The standard InChI is InChI=1S/C16H36N.3FH/c1-5-9-13-17(14-10-6-2,15-11-7-3)16-12-8-4;;;/h5-16H2,1-4H3;3*1H/q+1;;;. The molecule has 0 heterocycles. The lowest BCUT2D eigenvalue weighted by atomic mass is 10.1. The van der Waals surface area contributed by atoms with Crippen LogP contribution in [0.15, 0.2) is 0 Å². The molecule has 0 unspecified atom stereocenters. The molecule has 0 atom stereocenters. The number of quaternary nitrogens is 1. The zero-order valence-corrected chi connectivity index (χ0v) is 14.2. The van der Waals surface area contributed by atoms with Crippen LogP contribution in [0.25, 0.3) is 0 Å². The summed E-state index contributed by atoms with van der Waals surface area (Å²) in [4.78, 5) is 0. The van der Waals surface area contributed by atoms with Gasteiger partial charge >= 0.3 is 0 Å². The second-order valence-electron chi connectivity index (χ2n) is 5.65. The Morgan fingerprint density at radius 3 is 0.800 bits per heavy atom. The van der Waals surface area contributed by atoms with E-state index in [2.05, 4.69) is 27.7 Å². The van der Waals surface area contributed by atoms with Gasteiger partial charge in [0.1, 0.15) is 0 Å². The van der Waals surface area contributed by atoms with Crippen LogP contribution in [0.2, 0.25) is 0 Å². The summed E-state index contributed by atoms with van der Waals surface area (Å²) in [6.45, 7) is 15.0. The summed E-state index contributed by atoms with van der Waals surface area (Å²) in [6.07, 6.45) is 11.1. The molecule has 0 radical (unpaired) electrons. The van der Waals surface area contributed by atoms with Gasteiger partial charge in [-0.2, -0.15) is 0 Å². The van der Waals surface area contributed by atoms with Crippen molar-refractivity contribution in [3.63, 3.8) is 0 Å². The van der Waals surface area contributed by atoms with Gasteiger partial charge in [-0.3, -0.25) is 14.1 Å². The molecule has 0 aromatic heterocycles. The van der Waals surface area contributed by atoms with E-state index in [0.717, 1.165) is 0 Å². The Labute approximate surface area is 124 Å². The van der Waals surface area contributed by atoms with E-state index < -0.39 is 0 Å². The first kappa shape index (κ1) is 28.0. The average Bonchev–Trinajstić information content (AvgIpc) is 2.37. The van der Waals surface area contributed by atoms with E-state index in [-0.39, 0.29) is 14.1 Å². The van der Waals surface area contributed by atoms with Crippen LogP contribution >= 0.6 is 0 Å². The van der Waals surface area contributed by atoms with Gasteiger partial charge in [-0.25, -0.2) is 0 Å². The van der Waals surface area contributed by atoms with E-state index in [4.69, 9.17) is 0 Å². The topological polar surface area (TPSA) is 0 Å². The molecule has 0 N–H and O–H groups in total. The third-order valence-electron chi connectivity index (χ3n) is 3.94. The smallest absolute Gasteiger partial charge is 0.0786 e. The predicted molar refractivity (Wildman–Crippen MR) is 86.9 cm³/mol. The molecule has 0 spiro atoms. The number of hydrogen-bond acceptors (Lipinski definition) is 0. The molecule has 0 aliphatic carbocycles.